The Morgan fingerprint density at radius 2 is 2.00 bits per heavy atom. The zero-order valence-electron chi connectivity index (χ0n) is 8.44. The summed E-state index contributed by atoms with van der Waals surface area (Å²) in [5, 5.41) is 9.02. The molecule has 1 aromatic carbocycles. The zero-order chi connectivity index (χ0) is 11.4. The lowest BCUT2D eigenvalue weighted by Crippen LogP contribution is -1.82. The van der Waals surface area contributed by atoms with Crippen molar-refractivity contribution in [1.82, 2.24) is 4.98 Å². The highest BCUT2D eigenvalue weighted by molar-refractivity contribution is 5.88. The predicted octanol–water partition coefficient (Wildman–Crippen LogP) is 3.22. The van der Waals surface area contributed by atoms with Gasteiger partial charge in [0.05, 0.1) is 11.6 Å². The number of benzene rings is 1. The highest BCUT2D eigenvalue weighted by Crippen LogP contribution is 2.17. The molecule has 0 saturated heterocycles. The maximum Gasteiger partial charge on any atom is 0.123 e. The molecule has 1 aromatic heterocycles. The summed E-state index contributed by atoms with van der Waals surface area (Å²) in [6.45, 7) is 0. The molecule has 1 N–H and O–H groups in total. The first-order chi connectivity index (χ1) is 7.79. The van der Waals surface area contributed by atoms with Crippen molar-refractivity contribution in [2.45, 2.75) is 0 Å². The summed E-state index contributed by atoms with van der Waals surface area (Å²) in [6, 6.07) is 11.7. The summed E-state index contributed by atoms with van der Waals surface area (Å²) in [5.74, 6) is -0.305. The summed E-state index contributed by atoms with van der Waals surface area (Å²) in [5.41, 5.74) is 2.06. The first-order valence-corrected chi connectivity index (χ1v) is 4.81. The molecule has 0 aliphatic carbocycles. The summed E-state index contributed by atoms with van der Waals surface area (Å²) in [6.07, 6.45) is 3.51. The van der Waals surface area contributed by atoms with Gasteiger partial charge in [-0.3, -0.25) is 0 Å². The number of rotatable bonds is 2. The quantitative estimate of drug-likeness (QED) is 0.763. The van der Waals surface area contributed by atoms with Gasteiger partial charge in [0.15, 0.2) is 0 Å². The van der Waals surface area contributed by atoms with E-state index in [1.807, 2.05) is 12.1 Å². The summed E-state index contributed by atoms with van der Waals surface area (Å²) >= 11 is 0. The predicted molar refractivity (Wildman–Crippen MR) is 60.7 cm³/mol. The number of hydrogen-bond donors (Lipinski definition) is 1. The lowest BCUT2D eigenvalue weighted by molar-refractivity contribution is 0.627. The van der Waals surface area contributed by atoms with Gasteiger partial charge >= 0.3 is 0 Å². The standard InChI is InChI=1S/C13H9FN2/c14-12-5-3-10(4-6-12)11(9-15)8-13-2-1-7-16-13/h1-8,16H/b11-8+. The van der Waals surface area contributed by atoms with Crippen molar-refractivity contribution in [2.75, 3.05) is 0 Å². The van der Waals surface area contributed by atoms with Gasteiger partial charge in [-0.1, -0.05) is 12.1 Å². The monoisotopic (exact) mass is 212 g/mol. The number of hydrogen-bond acceptors (Lipinski definition) is 1. The molecule has 2 nitrogen and oxygen atoms in total. The van der Waals surface area contributed by atoms with Gasteiger partial charge in [-0.15, -0.1) is 0 Å². The molecule has 1 heterocycles. The SMILES string of the molecule is N#C/C(=C\c1ccc[nH]1)c1ccc(F)cc1. The molecule has 2 aromatic rings. The fourth-order valence-electron chi connectivity index (χ4n) is 1.40. The highest BCUT2D eigenvalue weighted by Gasteiger charge is 2.01. The minimum Gasteiger partial charge on any atom is -0.362 e. The molecular weight excluding hydrogens is 203 g/mol. The number of nitriles is 1. The molecule has 0 fully saturated rings. The third kappa shape index (κ3) is 2.18. The summed E-state index contributed by atoms with van der Waals surface area (Å²) in [4.78, 5) is 2.98. The van der Waals surface area contributed by atoms with Crippen molar-refractivity contribution in [3.8, 4) is 6.07 Å². The van der Waals surface area contributed by atoms with E-state index in [9.17, 15) is 4.39 Å². The van der Waals surface area contributed by atoms with Crippen LogP contribution in [0.25, 0.3) is 11.6 Å². The van der Waals surface area contributed by atoms with E-state index in [0.29, 0.717) is 11.1 Å². The minimum atomic E-state index is -0.305. The largest absolute Gasteiger partial charge is 0.362 e. The van der Waals surface area contributed by atoms with Crippen LogP contribution in [-0.4, -0.2) is 4.98 Å². The average molecular weight is 212 g/mol. The van der Waals surface area contributed by atoms with Crippen LogP contribution in [0.3, 0.4) is 0 Å². The van der Waals surface area contributed by atoms with Crippen LogP contribution < -0.4 is 0 Å². The molecule has 0 bridgehead atoms. The van der Waals surface area contributed by atoms with E-state index in [-0.39, 0.29) is 5.82 Å². The van der Waals surface area contributed by atoms with E-state index < -0.39 is 0 Å². The molecule has 0 radical (unpaired) electrons. The van der Waals surface area contributed by atoms with Crippen LogP contribution in [0.5, 0.6) is 0 Å². The van der Waals surface area contributed by atoms with Crippen molar-refractivity contribution in [2.24, 2.45) is 0 Å². The fraction of sp³-hybridized carbons (Fsp3) is 0. The Balaban J connectivity index is 2.37. The van der Waals surface area contributed by atoms with Gasteiger partial charge in [-0.2, -0.15) is 5.26 Å². The van der Waals surface area contributed by atoms with Crippen LogP contribution in [0, 0.1) is 17.1 Å². The van der Waals surface area contributed by atoms with Gasteiger partial charge in [0.25, 0.3) is 0 Å². The smallest absolute Gasteiger partial charge is 0.123 e. The highest BCUT2D eigenvalue weighted by atomic mass is 19.1. The summed E-state index contributed by atoms with van der Waals surface area (Å²) < 4.78 is 12.7. The Morgan fingerprint density at radius 3 is 2.56 bits per heavy atom. The van der Waals surface area contributed by atoms with Gasteiger partial charge in [0.1, 0.15) is 5.82 Å². The number of nitrogens with zero attached hydrogens (tertiary/aromatic N) is 1. The third-order valence-corrected chi connectivity index (χ3v) is 2.20. The molecule has 0 saturated carbocycles. The van der Waals surface area contributed by atoms with Gasteiger partial charge in [0.2, 0.25) is 0 Å². The summed E-state index contributed by atoms with van der Waals surface area (Å²) in [7, 11) is 0. The second-order valence-corrected chi connectivity index (χ2v) is 3.30. The Labute approximate surface area is 92.7 Å². The van der Waals surface area contributed by atoms with Crippen molar-refractivity contribution in [1.29, 1.82) is 5.26 Å². The van der Waals surface area contributed by atoms with Gasteiger partial charge in [0, 0.05) is 11.9 Å². The van der Waals surface area contributed by atoms with Gasteiger partial charge < -0.3 is 4.98 Å². The molecule has 3 heteroatoms. The van der Waals surface area contributed by atoms with Crippen LogP contribution in [0.4, 0.5) is 4.39 Å². The van der Waals surface area contributed by atoms with E-state index in [4.69, 9.17) is 5.26 Å². The maximum atomic E-state index is 12.7. The number of H-pyrrole nitrogens is 1. The Morgan fingerprint density at radius 1 is 1.25 bits per heavy atom. The minimum absolute atomic E-state index is 0.305. The van der Waals surface area contributed by atoms with E-state index >= 15 is 0 Å². The van der Waals surface area contributed by atoms with Crippen molar-refractivity contribution >= 4 is 11.6 Å². The molecule has 0 aliphatic rings. The second-order valence-electron chi connectivity index (χ2n) is 3.30. The number of halogens is 1. The maximum absolute atomic E-state index is 12.7. The van der Waals surface area contributed by atoms with E-state index in [2.05, 4.69) is 11.1 Å². The molecule has 2 rings (SSSR count). The lowest BCUT2D eigenvalue weighted by atomic mass is 10.1. The normalized spacial score (nSPS) is 11.1. The topological polar surface area (TPSA) is 39.6 Å². The fourth-order valence-corrected chi connectivity index (χ4v) is 1.40. The number of allylic oxidation sites excluding steroid dienone is 1. The van der Waals surface area contributed by atoms with E-state index in [1.165, 1.54) is 12.1 Å². The van der Waals surface area contributed by atoms with Crippen molar-refractivity contribution in [3.63, 3.8) is 0 Å². The Hall–Kier alpha value is -2.34. The first kappa shape index (κ1) is 10.2. The molecular formula is C13H9FN2. The first-order valence-electron chi connectivity index (χ1n) is 4.81. The van der Waals surface area contributed by atoms with Gasteiger partial charge in [-0.25, -0.2) is 4.39 Å². The van der Waals surface area contributed by atoms with Gasteiger partial charge in [-0.05, 0) is 35.9 Å². The van der Waals surface area contributed by atoms with Crippen LogP contribution in [-0.2, 0) is 0 Å². The molecule has 0 aliphatic heterocycles. The number of aromatic nitrogens is 1. The van der Waals surface area contributed by atoms with Crippen LogP contribution in [0.2, 0.25) is 0 Å². The Bertz CT molecular complexity index is 530. The zero-order valence-corrected chi connectivity index (χ0v) is 8.44. The Kier molecular flexibility index (Phi) is 2.84. The van der Waals surface area contributed by atoms with Crippen molar-refractivity contribution in [3.05, 3.63) is 59.7 Å². The van der Waals surface area contributed by atoms with E-state index in [1.54, 1.807) is 24.4 Å². The molecule has 0 spiro atoms. The average Bonchev–Trinajstić information content (AvgIpc) is 2.80. The second kappa shape index (κ2) is 4.45. The lowest BCUT2D eigenvalue weighted by Gasteiger charge is -1.98. The third-order valence-electron chi connectivity index (χ3n) is 2.20. The molecule has 0 atom stereocenters. The van der Waals surface area contributed by atoms with E-state index in [0.717, 1.165) is 5.69 Å². The molecule has 0 amide bonds. The van der Waals surface area contributed by atoms with Crippen LogP contribution >= 0.6 is 0 Å². The van der Waals surface area contributed by atoms with Crippen LogP contribution in [0.15, 0.2) is 42.6 Å². The number of aromatic amines is 1. The molecule has 0 unspecified atom stereocenters. The number of nitrogens with one attached hydrogen (secondary N) is 1. The van der Waals surface area contributed by atoms with Crippen molar-refractivity contribution < 1.29 is 4.39 Å². The molecule has 16 heavy (non-hydrogen) atoms. The molecule has 78 valence electrons. The van der Waals surface area contributed by atoms with Crippen LogP contribution in [0.1, 0.15) is 11.3 Å².